The van der Waals surface area contributed by atoms with E-state index in [1.165, 1.54) is 0 Å². The first-order valence-electron chi connectivity index (χ1n) is 8.06. The molecule has 0 heterocycles. The van der Waals surface area contributed by atoms with Gasteiger partial charge in [0.1, 0.15) is 5.75 Å². The zero-order valence-electron chi connectivity index (χ0n) is 14.4. The molecule has 0 aliphatic carbocycles. The predicted molar refractivity (Wildman–Crippen MR) is 100 cm³/mol. The molecule has 0 aliphatic heterocycles. The van der Waals surface area contributed by atoms with Gasteiger partial charge in [0.2, 0.25) is 0 Å². The maximum atomic E-state index is 12.6. The Morgan fingerprint density at radius 3 is 2.20 bits per heavy atom. The number of rotatable bonds is 7. The molecule has 0 radical (unpaired) electrons. The van der Waals surface area contributed by atoms with Crippen molar-refractivity contribution in [1.29, 1.82) is 0 Å². The summed E-state index contributed by atoms with van der Waals surface area (Å²) in [5.41, 5.74) is 2.34. The molecule has 6 heteroatoms. The number of aliphatic hydroxyl groups excluding tert-OH is 1. The predicted octanol–water partition coefficient (Wildman–Crippen LogP) is 2.71. The summed E-state index contributed by atoms with van der Waals surface area (Å²) in [4.78, 5) is 16.3. The van der Waals surface area contributed by atoms with E-state index in [9.17, 15) is 15.0 Å². The number of halogens is 1. The smallest absolute Gasteiger partial charge is 0.253 e. The van der Waals surface area contributed by atoms with Crippen LogP contribution in [0.3, 0.4) is 0 Å². The SMILES string of the molecule is CN(C)CCN(CCO)C(=O)c1ccc(-c2ccc(O)c(Cl)c2)cc1. The number of hydrogen-bond acceptors (Lipinski definition) is 4. The monoisotopic (exact) mass is 362 g/mol. The summed E-state index contributed by atoms with van der Waals surface area (Å²) in [5, 5.41) is 19.0. The molecule has 0 saturated heterocycles. The minimum absolute atomic E-state index is 0.0396. The molecule has 1 amide bonds. The number of aliphatic hydroxyl groups is 1. The Kier molecular flexibility index (Phi) is 6.82. The lowest BCUT2D eigenvalue weighted by Gasteiger charge is -2.23. The van der Waals surface area contributed by atoms with Crippen LogP contribution in [0.25, 0.3) is 11.1 Å². The third-order valence-electron chi connectivity index (χ3n) is 3.89. The molecule has 0 unspecified atom stereocenters. The number of phenols is 1. The maximum Gasteiger partial charge on any atom is 0.253 e. The van der Waals surface area contributed by atoms with Crippen LogP contribution in [0.2, 0.25) is 5.02 Å². The molecule has 25 heavy (non-hydrogen) atoms. The Labute approximate surface area is 153 Å². The molecule has 0 bridgehead atoms. The van der Waals surface area contributed by atoms with Crippen molar-refractivity contribution in [2.24, 2.45) is 0 Å². The third-order valence-corrected chi connectivity index (χ3v) is 4.19. The van der Waals surface area contributed by atoms with E-state index in [4.69, 9.17) is 11.6 Å². The van der Waals surface area contributed by atoms with Gasteiger partial charge in [0, 0.05) is 25.2 Å². The average Bonchev–Trinajstić information content (AvgIpc) is 2.60. The molecule has 0 spiro atoms. The quantitative estimate of drug-likeness (QED) is 0.795. The van der Waals surface area contributed by atoms with Crippen molar-refractivity contribution in [2.75, 3.05) is 40.3 Å². The lowest BCUT2D eigenvalue weighted by atomic mass is 10.0. The fourth-order valence-electron chi connectivity index (χ4n) is 2.43. The number of carbonyl (C=O) groups excluding carboxylic acids is 1. The lowest BCUT2D eigenvalue weighted by molar-refractivity contribution is 0.0710. The average molecular weight is 363 g/mol. The van der Waals surface area contributed by atoms with Gasteiger partial charge in [-0.05, 0) is 49.5 Å². The molecular formula is C19H23ClN2O3. The number of carbonyl (C=O) groups is 1. The topological polar surface area (TPSA) is 64.0 Å². The van der Waals surface area contributed by atoms with Crippen LogP contribution in [0.1, 0.15) is 10.4 Å². The van der Waals surface area contributed by atoms with Crippen molar-refractivity contribution in [1.82, 2.24) is 9.80 Å². The van der Waals surface area contributed by atoms with Crippen molar-refractivity contribution in [3.63, 3.8) is 0 Å². The molecule has 2 N–H and O–H groups in total. The highest BCUT2D eigenvalue weighted by Crippen LogP contribution is 2.29. The Bertz CT molecular complexity index is 717. The number of likely N-dealkylation sites (N-methyl/N-ethyl adjacent to an activating group) is 1. The highest BCUT2D eigenvalue weighted by molar-refractivity contribution is 6.32. The van der Waals surface area contributed by atoms with E-state index in [-0.39, 0.29) is 23.3 Å². The minimum Gasteiger partial charge on any atom is -0.506 e. The van der Waals surface area contributed by atoms with Gasteiger partial charge in [0.15, 0.2) is 0 Å². The second-order valence-corrected chi connectivity index (χ2v) is 6.47. The molecule has 134 valence electrons. The van der Waals surface area contributed by atoms with Crippen LogP contribution in [-0.2, 0) is 0 Å². The fourth-order valence-corrected chi connectivity index (χ4v) is 2.61. The molecule has 5 nitrogen and oxygen atoms in total. The van der Waals surface area contributed by atoms with Crippen molar-refractivity contribution in [3.05, 3.63) is 53.1 Å². The molecule has 2 rings (SSSR count). The summed E-state index contributed by atoms with van der Waals surface area (Å²) in [6.07, 6.45) is 0. The van der Waals surface area contributed by atoms with Crippen LogP contribution < -0.4 is 0 Å². The minimum atomic E-state index is -0.105. The number of hydrogen-bond donors (Lipinski definition) is 2. The summed E-state index contributed by atoms with van der Waals surface area (Å²) in [5.74, 6) is -0.0658. The van der Waals surface area contributed by atoms with E-state index in [1.807, 2.05) is 31.1 Å². The molecular weight excluding hydrogens is 340 g/mol. The second kappa shape index (κ2) is 8.85. The van der Waals surface area contributed by atoms with Gasteiger partial charge >= 0.3 is 0 Å². The van der Waals surface area contributed by atoms with Crippen LogP contribution >= 0.6 is 11.6 Å². The standard InChI is InChI=1S/C19H23ClN2O3/c1-21(2)9-10-22(11-12-23)19(25)15-5-3-14(4-6-15)16-7-8-18(24)17(20)13-16/h3-8,13,23-24H,9-12H2,1-2H3. The van der Waals surface area contributed by atoms with Gasteiger partial charge < -0.3 is 20.0 Å². The summed E-state index contributed by atoms with van der Waals surface area (Å²) in [6.45, 7) is 1.53. The Hall–Kier alpha value is -2.08. The number of amides is 1. The third kappa shape index (κ3) is 5.19. The van der Waals surface area contributed by atoms with Gasteiger partial charge in [-0.15, -0.1) is 0 Å². The largest absolute Gasteiger partial charge is 0.506 e. The highest BCUT2D eigenvalue weighted by atomic mass is 35.5. The van der Waals surface area contributed by atoms with E-state index in [1.54, 1.807) is 35.2 Å². The summed E-state index contributed by atoms with van der Waals surface area (Å²) in [6, 6.07) is 12.2. The van der Waals surface area contributed by atoms with Crippen LogP contribution in [-0.4, -0.2) is 66.3 Å². The fraction of sp³-hybridized carbons (Fsp3) is 0.316. The highest BCUT2D eigenvalue weighted by Gasteiger charge is 2.15. The van der Waals surface area contributed by atoms with E-state index in [2.05, 4.69) is 0 Å². The summed E-state index contributed by atoms with van der Waals surface area (Å²) < 4.78 is 0. The van der Waals surface area contributed by atoms with Gasteiger partial charge in [-0.1, -0.05) is 29.8 Å². The second-order valence-electron chi connectivity index (χ2n) is 6.06. The molecule has 0 saturated carbocycles. The Balaban J connectivity index is 2.16. The number of aromatic hydroxyl groups is 1. The van der Waals surface area contributed by atoms with Crippen LogP contribution in [0.4, 0.5) is 0 Å². The molecule has 0 aromatic heterocycles. The van der Waals surface area contributed by atoms with Gasteiger partial charge in [0.25, 0.3) is 5.91 Å². The van der Waals surface area contributed by atoms with Gasteiger partial charge in [-0.2, -0.15) is 0 Å². The van der Waals surface area contributed by atoms with Gasteiger partial charge in [-0.3, -0.25) is 4.79 Å². The number of phenolic OH excluding ortho intramolecular Hbond substituents is 1. The van der Waals surface area contributed by atoms with E-state index >= 15 is 0 Å². The van der Waals surface area contributed by atoms with Crippen molar-refractivity contribution in [3.8, 4) is 16.9 Å². The van der Waals surface area contributed by atoms with Crippen molar-refractivity contribution < 1.29 is 15.0 Å². The van der Waals surface area contributed by atoms with E-state index in [0.717, 1.165) is 17.7 Å². The van der Waals surface area contributed by atoms with Crippen LogP contribution in [0.15, 0.2) is 42.5 Å². The number of nitrogens with zero attached hydrogens (tertiary/aromatic N) is 2. The van der Waals surface area contributed by atoms with Crippen molar-refractivity contribution in [2.45, 2.75) is 0 Å². The van der Waals surface area contributed by atoms with Crippen LogP contribution in [0.5, 0.6) is 5.75 Å². The molecule has 0 aliphatic rings. The van der Waals surface area contributed by atoms with Gasteiger partial charge in [0.05, 0.1) is 11.6 Å². The lowest BCUT2D eigenvalue weighted by Crippen LogP contribution is -2.38. The number of benzene rings is 2. The Morgan fingerprint density at radius 1 is 1.00 bits per heavy atom. The summed E-state index contributed by atoms with van der Waals surface area (Å²) in [7, 11) is 3.89. The molecule has 2 aromatic carbocycles. The summed E-state index contributed by atoms with van der Waals surface area (Å²) >= 11 is 5.94. The maximum absolute atomic E-state index is 12.6. The first-order chi connectivity index (χ1) is 11.9. The van der Waals surface area contributed by atoms with Crippen LogP contribution in [0, 0.1) is 0 Å². The van der Waals surface area contributed by atoms with Gasteiger partial charge in [-0.25, -0.2) is 0 Å². The van der Waals surface area contributed by atoms with E-state index < -0.39 is 0 Å². The molecule has 0 atom stereocenters. The zero-order valence-corrected chi connectivity index (χ0v) is 15.2. The first kappa shape index (κ1) is 19.2. The first-order valence-corrected chi connectivity index (χ1v) is 8.44. The Morgan fingerprint density at radius 2 is 1.64 bits per heavy atom. The normalized spacial score (nSPS) is 10.9. The zero-order chi connectivity index (χ0) is 18.4. The van der Waals surface area contributed by atoms with Crippen molar-refractivity contribution >= 4 is 17.5 Å². The van der Waals surface area contributed by atoms with E-state index in [0.29, 0.717) is 18.7 Å². The molecule has 0 fully saturated rings. The molecule has 2 aromatic rings.